The minimum atomic E-state index is -0.143. The molecule has 3 aromatic rings. The van der Waals surface area contributed by atoms with Gasteiger partial charge in [0.15, 0.2) is 17.3 Å². The van der Waals surface area contributed by atoms with Crippen LogP contribution >= 0.6 is 11.3 Å². The fraction of sp³-hybridized carbons (Fsp3) is 0.381. The second-order valence-corrected chi connectivity index (χ2v) is 7.88. The second kappa shape index (κ2) is 8.24. The molecule has 0 unspecified atom stereocenters. The van der Waals surface area contributed by atoms with Crippen molar-refractivity contribution in [2.24, 2.45) is 0 Å². The van der Waals surface area contributed by atoms with Crippen LogP contribution in [0.2, 0.25) is 0 Å². The Kier molecular flexibility index (Phi) is 5.53. The average molecular weight is 413 g/mol. The normalized spacial score (nSPS) is 15.8. The predicted molar refractivity (Wildman–Crippen MR) is 108 cm³/mol. The molecule has 1 aliphatic heterocycles. The van der Waals surface area contributed by atoms with Gasteiger partial charge in [-0.2, -0.15) is 4.98 Å². The van der Waals surface area contributed by atoms with Crippen LogP contribution < -0.4 is 9.47 Å². The fourth-order valence-electron chi connectivity index (χ4n) is 3.77. The number of benzene rings is 1. The molecule has 1 atom stereocenters. The molecule has 152 valence electrons. The third kappa shape index (κ3) is 3.85. The maximum Gasteiger partial charge on any atom is 0.227 e. The molecule has 0 bridgehead atoms. The van der Waals surface area contributed by atoms with Crippen molar-refractivity contribution in [3.8, 4) is 11.5 Å². The van der Waals surface area contributed by atoms with Crippen LogP contribution in [-0.4, -0.2) is 41.7 Å². The van der Waals surface area contributed by atoms with Crippen molar-refractivity contribution in [2.75, 3.05) is 20.8 Å². The molecule has 0 aliphatic carbocycles. The van der Waals surface area contributed by atoms with E-state index in [1.54, 1.807) is 32.5 Å². The molecule has 2 aromatic heterocycles. The van der Waals surface area contributed by atoms with Gasteiger partial charge in [-0.05, 0) is 48.1 Å². The molecule has 7 nitrogen and oxygen atoms in total. The van der Waals surface area contributed by atoms with Crippen LogP contribution in [0.15, 0.2) is 34.2 Å². The van der Waals surface area contributed by atoms with Gasteiger partial charge in [-0.1, -0.05) is 11.2 Å². The maximum absolute atomic E-state index is 13.2. The van der Waals surface area contributed by atoms with Crippen LogP contribution in [0.3, 0.4) is 0 Å². The average Bonchev–Trinajstić information content (AvgIpc) is 3.41. The molecule has 0 saturated carbocycles. The van der Waals surface area contributed by atoms with E-state index in [-0.39, 0.29) is 11.9 Å². The number of methoxy groups -OCH3 is 2. The SMILES string of the molecule is COc1cc2c(cc1OC)[C@@H](c1cccs1)N(C(=O)CCc1nc(C)no1)CC2. The summed E-state index contributed by atoms with van der Waals surface area (Å²) in [4.78, 5) is 20.4. The minimum absolute atomic E-state index is 0.0692. The third-order valence-corrected chi connectivity index (χ3v) is 6.05. The lowest BCUT2D eigenvalue weighted by Gasteiger charge is -2.37. The summed E-state index contributed by atoms with van der Waals surface area (Å²) in [5, 5.41) is 5.83. The third-order valence-electron chi connectivity index (χ3n) is 5.13. The number of nitrogens with zero attached hydrogens (tertiary/aromatic N) is 3. The lowest BCUT2D eigenvalue weighted by Crippen LogP contribution is -2.40. The molecule has 0 fully saturated rings. The highest BCUT2D eigenvalue weighted by Gasteiger charge is 2.33. The summed E-state index contributed by atoms with van der Waals surface area (Å²) in [6.07, 6.45) is 1.53. The Morgan fingerprint density at radius 2 is 2.10 bits per heavy atom. The number of aromatic nitrogens is 2. The molecular formula is C21H23N3O4S. The van der Waals surface area contributed by atoms with Crippen molar-refractivity contribution in [2.45, 2.75) is 32.2 Å². The smallest absolute Gasteiger partial charge is 0.227 e. The zero-order valence-electron chi connectivity index (χ0n) is 16.7. The van der Waals surface area contributed by atoms with Gasteiger partial charge in [-0.15, -0.1) is 11.3 Å². The number of carbonyl (C=O) groups is 1. The van der Waals surface area contributed by atoms with E-state index in [2.05, 4.69) is 16.2 Å². The number of hydrogen-bond acceptors (Lipinski definition) is 7. The van der Waals surface area contributed by atoms with Gasteiger partial charge in [0.25, 0.3) is 0 Å². The van der Waals surface area contributed by atoms with Gasteiger partial charge in [0.05, 0.1) is 20.3 Å². The van der Waals surface area contributed by atoms with Gasteiger partial charge in [0.1, 0.15) is 0 Å². The highest BCUT2D eigenvalue weighted by molar-refractivity contribution is 7.10. The van der Waals surface area contributed by atoms with Gasteiger partial charge in [0.2, 0.25) is 11.8 Å². The van der Waals surface area contributed by atoms with Crippen molar-refractivity contribution in [3.63, 3.8) is 0 Å². The van der Waals surface area contributed by atoms with E-state index >= 15 is 0 Å². The van der Waals surface area contributed by atoms with Gasteiger partial charge in [-0.25, -0.2) is 0 Å². The summed E-state index contributed by atoms with van der Waals surface area (Å²) < 4.78 is 16.1. The van der Waals surface area contributed by atoms with Gasteiger partial charge >= 0.3 is 0 Å². The van der Waals surface area contributed by atoms with Crippen LogP contribution in [0.25, 0.3) is 0 Å². The highest BCUT2D eigenvalue weighted by atomic mass is 32.1. The van der Waals surface area contributed by atoms with E-state index in [0.717, 1.165) is 16.9 Å². The first-order valence-corrected chi connectivity index (χ1v) is 10.4. The first kappa shape index (κ1) is 19.4. The summed E-state index contributed by atoms with van der Waals surface area (Å²) in [7, 11) is 3.27. The van der Waals surface area contributed by atoms with E-state index < -0.39 is 0 Å². The summed E-state index contributed by atoms with van der Waals surface area (Å²) in [6.45, 7) is 2.41. The number of amides is 1. The molecule has 1 aliphatic rings. The molecule has 0 radical (unpaired) electrons. The Balaban J connectivity index is 1.65. The van der Waals surface area contributed by atoms with Crippen molar-refractivity contribution in [1.82, 2.24) is 15.0 Å². The summed E-state index contributed by atoms with van der Waals surface area (Å²) in [5.41, 5.74) is 2.26. The zero-order chi connectivity index (χ0) is 20.4. The lowest BCUT2D eigenvalue weighted by molar-refractivity contribution is -0.133. The van der Waals surface area contributed by atoms with Gasteiger partial charge in [-0.3, -0.25) is 4.79 Å². The first-order valence-electron chi connectivity index (χ1n) is 9.47. The Morgan fingerprint density at radius 3 is 2.76 bits per heavy atom. The van der Waals surface area contributed by atoms with Crippen LogP contribution in [-0.2, 0) is 17.6 Å². The Hall–Kier alpha value is -2.87. The fourth-order valence-corrected chi connectivity index (χ4v) is 4.62. The number of fused-ring (bicyclic) bond motifs is 1. The van der Waals surface area contributed by atoms with E-state index in [4.69, 9.17) is 14.0 Å². The quantitative estimate of drug-likeness (QED) is 0.615. The number of carbonyl (C=O) groups excluding carboxylic acids is 1. The van der Waals surface area contributed by atoms with Crippen LogP contribution in [0, 0.1) is 6.92 Å². The maximum atomic E-state index is 13.2. The van der Waals surface area contributed by atoms with E-state index in [1.165, 1.54) is 5.56 Å². The molecule has 0 saturated heterocycles. The minimum Gasteiger partial charge on any atom is -0.493 e. The Morgan fingerprint density at radius 1 is 1.31 bits per heavy atom. The van der Waals surface area contributed by atoms with Crippen LogP contribution in [0.1, 0.15) is 40.2 Å². The number of ether oxygens (including phenoxy) is 2. The lowest BCUT2D eigenvalue weighted by atomic mass is 9.90. The van der Waals surface area contributed by atoms with E-state index in [0.29, 0.717) is 42.6 Å². The van der Waals surface area contributed by atoms with Gasteiger partial charge < -0.3 is 18.9 Å². The summed E-state index contributed by atoms with van der Waals surface area (Å²) in [6, 6.07) is 7.97. The zero-order valence-corrected chi connectivity index (χ0v) is 17.5. The summed E-state index contributed by atoms with van der Waals surface area (Å²) in [5.74, 6) is 2.52. The van der Waals surface area contributed by atoms with Crippen molar-refractivity contribution in [1.29, 1.82) is 0 Å². The largest absolute Gasteiger partial charge is 0.493 e. The Bertz CT molecular complexity index is 1000. The number of aryl methyl sites for hydroxylation is 2. The topological polar surface area (TPSA) is 77.7 Å². The Labute approximate surface area is 173 Å². The first-order chi connectivity index (χ1) is 14.1. The summed E-state index contributed by atoms with van der Waals surface area (Å²) >= 11 is 1.65. The molecule has 1 aromatic carbocycles. The molecular weight excluding hydrogens is 390 g/mol. The molecule has 1 amide bonds. The van der Waals surface area contributed by atoms with Crippen molar-refractivity contribution < 1.29 is 18.8 Å². The number of rotatable bonds is 6. The molecule has 0 N–H and O–H groups in total. The molecule has 29 heavy (non-hydrogen) atoms. The molecule has 8 heteroatoms. The highest BCUT2D eigenvalue weighted by Crippen LogP contribution is 2.42. The molecule has 0 spiro atoms. The molecule has 4 rings (SSSR count). The van der Waals surface area contributed by atoms with Crippen molar-refractivity contribution in [3.05, 3.63) is 57.4 Å². The standard InChI is InChI=1S/C21H23N3O4S/c1-13-22-19(28-23-13)6-7-20(25)24-9-8-14-11-16(26-2)17(27-3)12-15(14)21(24)18-5-4-10-29-18/h4-5,10-12,21H,6-9H2,1-3H3/t21-/m0/s1. The second-order valence-electron chi connectivity index (χ2n) is 6.90. The predicted octanol–water partition coefficient (Wildman–Crippen LogP) is 3.56. The monoisotopic (exact) mass is 413 g/mol. The number of hydrogen-bond donors (Lipinski definition) is 0. The van der Waals surface area contributed by atoms with Crippen molar-refractivity contribution >= 4 is 17.2 Å². The van der Waals surface area contributed by atoms with E-state index in [9.17, 15) is 4.79 Å². The van der Waals surface area contributed by atoms with E-state index in [1.807, 2.05) is 28.5 Å². The van der Waals surface area contributed by atoms with Crippen LogP contribution in [0.4, 0.5) is 0 Å². The van der Waals surface area contributed by atoms with Gasteiger partial charge in [0, 0.05) is 24.3 Å². The molecule has 3 heterocycles. The number of thiophene rings is 1. The van der Waals surface area contributed by atoms with Crippen LogP contribution in [0.5, 0.6) is 11.5 Å².